The molecule has 1 aromatic heterocycles. The van der Waals surface area contributed by atoms with Gasteiger partial charge in [0.1, 0.15) is 11.5 Å². The van der Waals surface area contributed by atoms with Gasteiger partial charge in [-0.1, -0.05) is 29.8 Å². The summed E-state index contributed by atoms with van der Waals surface area (Å²) in [6, 6.07) is 19.6. The summed E-state index contributed by atoms with van der Waals surface area (Å²) in [7, 11) is 3.44. The molecule has 0 radical (unpaired) electrons. The van der Waals surface area contributed by atoms with Crippen molar-refractivity contribution in [2.75, 3.05) is 20.8 Å². The molecule has 0 saturated heterocycles. The van der Waals surface area contributed by atoms with Crippen molar-refractivity contribution in [2.45, 2.75) is 32.5 Å². The fourth-order valence-electron chi connectivity index (χ4n) is 4.26. The zero-order valence-corrected chi connectivity index (χ0v) is 16.9. The molecule has 146 valence electrons. The van der Waals surface area contributed by atoms with Crippen molar-refractivity contribution in [1.82, 2.24) is 9.47 Å². The number of benzene rings is 2. The SMILES string of the molecule is COc1ccc(OC)c(CN2CCCn3cccc3C2c2cccc(C)c2)c1. The third kappa shape index (κ3) is 3.65. The highest BCUT2D eigenvalue weighted by Crippen LogP contribution is 2.35. The summed E-state index contributed by atoms with van der Waals surface area (Å²) in [4.78, 5) is 2.56. The van der Waals surface area contributed by atoms with Gasteiger partial charge >= 0.3 is 0 Å². The molecule has 1 unspecified atom stereocenters. The molecular weight excluding hydrogens is 348 g/mol. The van der Waals surface area contributed by atoms with E-state index in [0.717, 1.165) is 43.1 Å². The minimum atomic E-state index is 0.216. The second-order valence-electron chi connectivity index (χ2n) is 7.44. The minimum Gasteiger partial charge on any atom is -0.497 e. The zero-order valence-electron chi connectivity index (χ0n) is 16.9. The van der Waals surface area contributed by atoms with Crippen LogP contribution < -0.4 is 9.47 Å². The summed E-state index contributed by atoms with van der Waals surface area (Å²) < 4.78 is 13.5. The zero-order chi connectivity index (χ0) is 19.5. The Balaban J connectivity index is 1.76. The molecule has 4 nitrogen and oxygen atoms in total. The van der Waals surface area contributed by atoms with E-state index >= 15 is 0 Å². The van der Waals surface area contributed by atoms with Crippen LogP contribution >= 0.6 is 0 Å². The van der Waals surface area contributed by atoms with Gasteiger partial charge in [-0.25, -0.2) is 0 Å². The van der Waals surface area contributed by atoms with Gasteiger partial charge in [-0.05, 0) is 49.2 Å². The molecule has 0 fully saturated rings. The molecule has 28 heavy (non-hydrogen) atoms. The van der Waals surface area contributed by atoms with Gasteiger partial charge in [-0.3, -0.25) is 4.90 Å². The lowest BCUT2D eigenvalue weighted by Gasteiger charge is -2.31. The Bertz CT molecular complexity index is 947. The predicted molar refractivity (Wildman–Crippen MR) is 112 cm³/mol. The van der Waals surface area contributed by atoms with Crippen LogP contribution in [0.1, 0.15) is 34.8 Å². The van der Waals surface area contributed by atoms with Crippen LogP contribution in [0.2, 0.25) is 0 Å². The molecule has 0 bridgehead atoms. The van der Waals surface area contributed by atoms with Crippen molar-refractivity contribution < 1.29 is 9.47 Å². The maximum atomic E-state index is 5.64. The van der Waals surface area contributed by atoms with E-state index in [1.807, 2.05) is 12.1 Å². The lowest BCUT2D eigenvalue weighted by Crippen LogP contribution is -2.29. The first-order chi connectivity index (χ1) is 13.7. The molecule has 2 aromatic carbocycles. The van der Waals surface area contributed by atoms with Crippen molar-refractivity contribution >= 4 is 0 Å². The third-order valence-electron chi connectivity index (χ3n) is 5.57. The summed E-state index contributed by atoms with van der Waals surface area (Å²) in [6.07, 6.45) is 3.32. The molecular formula is C24H28N2O2. The van der Waals surface area contributed by atoms with E-state index in [-0.39, 0.29) is 6.04 Å². The Hall–Kier alpha value is -2.72. The van der Waals surface area contributed by atoms with Crippen LogP contribution in [-0.2, 0) is 13.1 Å². The Morgan fingerprint density at radius 3 is 2.64 bits per heavy atom. The van der Waals surface area contributed by atoms with Crippen molar-refractivity contribution in [2.24, 2.45) is 0 Å². The summed E-state index contributed by atoms with van der Waals surface area (Å²) in [5.74, 6) is 1.77. The lowest BCUT2D eigenvalue weighted by molar-refractivity contribution is 0.217. The highest BCUT2D eigenvalue weighted by atomic mass is 16.5. The Labute approximate surface area is 167 Å². The van der Waals surface area contributed by atoms with Gasteiger partial charge in [0.2, 0.25) is 0 Å². The van der Waals surface area contributed by atoms with Gasteiger partial charge in [0, 0.05) is 37.1 Å². The number of ether oxygens (including phenoxy) is 2. The fraction of sp³-hybridized carbons (Fsp3) is 0.333. The van der Waals surface area contributed by atoms with E-state index in [1.54, 1.807) is 14.2 Å². The first-order valence-electron chi connectivity index (χ1n) is 9.86. The Morgan fingerprint density at radius 2 is 1.86 bits per heavy atom. The second-order valence-corrected chi connectivity index (χ2v) is 7.44. The molecule has 0 saturated carbocycles. The van der Waals surface area contributed by atoms with Crippen LogP contribution in [-0.4, -0.2) is 30.2 Å². The highest BCUT2D eigenvalue weighted by molar-refractivity contribution is 5.41. The highest BCUT2D eigenvalue weighted by Gasteiger charge is 2.28. The molecule has 0 amide bonds. The van der Waals surface area contributed by atoms with Crippen LogP contribution in [0.25, 0.3) is 0 Å². The topological polar surface area (TPSA) is 26.6 Å². The van der Waals surface area contributed by atoms with E-state index < -0.39 is 0 Å². The van der Waals surface area contributed by atoms with Crippen molar-refractivity contribution in [1.29, 1.82) is 0 Å². The average Bonchev–Trinajstić information content (AvgIpc) is 3.09. The number of aryl methyl sites for hydroxylation is 2. The molecule has 2 heterocycles. The molecule has 1 atom stereocenters. The number of rotatable bonds is 5. The number of hydrogen-bond acceptors (Lipinski definition) is 3. The van der Waals surface area contributed by atoms with Crippen molar-refractivity contribution in [3.8, 4) is 11.5 Å². The van der Waals surface area contributed by atoms with Crippen molar-refractivity contribution in [3.63, 3.8) is 0 Å². The predicted octanol–water partition coefficient (Wildman–Crippen LogP) is 4.81. The molecule has 3 aromatic rings. The van der Waals surface area contributed by atoms with Gasteiger partial charge in [-0.2, -0.15) is 0 Å². The number of aromatic nitrogens is 1. The fourth-order valence-corrected chi connectivity index (χ4v) is 4.26. The summed E-state index contributed by atoms with van der Waals surface area (Å²) in [5, 5.41) is 0. The number of nitrogens with zero attached hydrogens (tertiary/aromatic N) is 2. The van der Waals surface area contributed by atoms with Gasteiger partial charge in [-0.15, -0.1) is 0 Å². The van der Waals surface area contributed by atoms with E-state index in [1.165, 1.54) is 16.8 Å². The number of fused-ring (bicyclic) bond motifs is 1. The van der Waals surface area contributed by atoms with Crippen LogP contribution in [0.3, 0.4) is 0 Å². The first kappa shape index (κ1) is 18.6. The normalized spacial score (nSPS) is 17.0. The Kier molecular flexibility index (Phi) is 5.40. The molecule has 4 heteroatoms. The van der Waals surface area contributed by atoms with Gasteiger partial charge in [0.05, 0.1) is 20.3 Å². The van der Waals surface area contributed by atoms with E-state index in [2.05, 4.69) is 65.1 Å². The summed E-state index contributed by atoms with van der Waals surface area (Å²) in [6.45, 7) is 5.05. The average molecular weight is 377 g/mol. The van der Waals surface area contributed by atoms with E-state index in [4.69, 9.17) is 9.47 Å². The van der Waals surface area contributed by atoms with Crippen molar-refractivity contribution in [3.05, 3.63) is 83.2 Å². The molecule has 0 spiro atoms. The van der Waals surface area contributed by atoms with Crippen LogP contribution in [0.15, 0.2) is 60.8 Å². The molecule has 1 aliphatic heterocycles. The standard InChI is InChI=1S/C24H28N2O2/c1-18-7-4-8-19(15-18)24-22-9-5-12-25(22)13-6-14-26(24)17-20-16-21(27-2)10-11-23(20)28-3/h4-5,7-12,15-16,24H,6,13-14,17H2,1-3H3. The molecule has 4 rings (SSSR count). The quantitative estimate of drug-likeness (QED) is 0.639. The van der Waals surface area contributed by atoms with Crippen LogP contribution in [0, 0.1) is 6.92 Å². The largest absolute Gasteiger partial charge is 0.497 e. The number of methoxy groups -OCH3 is 2. The molecule has 0 aliphatic carbocycles. The summed E-state index contributed by atoms with van der Waals surface area (Å²) in [5.41, 5.74) is 5.13. The third-order valence-corrected chi connectivity index (χ3v) is 5.57. The Morgan fingerprint density at radius 1 is 0.964 bits per heavy atom. The molecule has 0 N–H and O–H groups in total. The smallest absolute Gasteiger partial charge is 0.123 e. The van der Waals surface area contributed by atoms with Crippen LogP contribution in [0.5, 0.6) is 11.5 Å². The number of hydrogen-bond donors (Lipinski definition) is 0. The summed E-state index contributed by atoms with van der Waals surface area (Å²) >= 11 is 0. The lowest BCUT2D eigenvalue weighted by atomic mass is 9.99. The molecule has 1 aliphatic rings. The van der Waals surface area contributed by atoms with E-state index in [0.29, 0.717) is 0 Å². The monoisotopic (exact) mass is 376 g/mol. The van der Waals surface area contributed by atoms with Gasteiger partial charge < -0.3 is 14.0 Å². The van der Waals surface area contributed by atoms with E-state index in [9.17, 15) is 0 Å². The van der Waals surface area contributed by atoms with Crippen LogP contribution in [0.4, 0.5) is 0 Å². The first-order valence-corrected chi connectivity index (χ1v) is 9.86. The second kappa shape index (κ2) is 8.11. The minimum absolute atomic E-state index is 0.216. The maximum Gasteiger partial charge on any atom is 0.123 e. The van der Waals surface area contributed by atoms with Gasteiger partial charge in [0.25, 0.3) is 0 Å². The van der Waals surface area contributed by atoms with Gasteiger partial charge in [0.15, 0.2) is 0 Å². The maximum absolute atomic E-state index is 5.64.